The predicted molar refractivity (Wildman–Crippen MR) is 115 cm³/mol. The van der Waals surface area contributed by atoms with Crippen molar-refractivity contribution in [3.05, 3.63) is 59.7 Å². The zero-order valence-electron chi connectivity index (χ0n) is 17.0. The molecule has 6 nitrogen and oxygen atoms in total. The summed E-state index contributed by atoms with van der Waals surface area (Å²) >= 11 is 0. The molecule has 156 valence electrons. The number of amides is 1. The molecular weight excluding hydrogens is 386 g/mol. The highest BCUT2D eigenvalue weighted by atomic mass is 32.2. The molecule has 3 N–H and O–H groups in total. The van der Waals surface area contributed by atoms with Crippen LogP contribution in [0.2, 0.25) is 0 Å². The van der Waals surface area contributed by atoms with Gasteiger partial charge < -0.3 is 11.1 Å². The summed E-state index contributed by atoms with van der Waals surface area (Å²) in [6, 6.07) is 14.7. The summed E-state index contributed by atoms with van der Waals surface area (Å²) in [5.74, 6) is -0.267. The lowest BCUT2D eigenvalue weighted by atomic mass is 9.88. The maximum Gasteiger partial charge on any atom is 0.244 e. The molecule has 0 radical (unpaired) electrons. The number of nitrogens with two attached hydrogens (primary N) is 1. The molecule has 2 aromatic rings. The van der Waals surface area contributed by atoms with Crippen molar-refractivity contribution < 1.29 is 13.2 Å². The van der Waals surface area contributed by atoms with Crippen LogP contribution in [0.1, 0.15) is 37.8 Å². The zero-order chi connectivity index (χ0) is 21.1. The highest BCUT2D eigenvalue weighted by molar-refractivity contribution is 7.89. The molecule has 3 rings (SSSR count). The van der Waals surface area contributed by atoms with E-state index in [-0.39, 0.29) is 31.8 Å². The number of piperidine rings is 1. The molecule has 0 aliphatic carbocycles. The Bertz CT molecular complexity index is 980. The number of anilines is 1. The number of nitrogens with one attached hydrogen (secondary N) is 1. The largest absolute Gasteiger partial charge is 0.324 e. The standard InChI is InChI=1S/C22H29N3O3S/c1-3-17-8-7-10-19(16-17)24-21(26)22(23)12-14-25(15-13-22)29(27,28)20-11-6-5-9-18(20)4-2/h5-11,16H,3-4,12-15,23H2,1-2H3,(H,24,26). The Morgan fingerprint density at radius 1 is 1.07 bits per heavy atom. The van der Waals surface area contributed by atoms with Gasteiger partial charge in [0, 0.05) is 18.8 Å². The molecule has 1 aliphatic rings. The number of rotatable bonds is 6. The highest BCUT2D eigenvalue weighted by Gasteiger charge is 2.41. The summed E-state index contributed by atoms with van der Waals surface area (Å²) < 4.78 is 27.6. The van der Waals surface area contributed by atoms with Gasteiger partial charge in [0.05, 0.1) is 10.4 Å². The monoisotopic (exact) mass is 415 g/mol. The van der Waals surface area contributed by atoms with Crippen LogP contribution in [0.25, 0.3) is 0 Å². The van der Waals surface area contributed by atoms with Crippen molar-refractivity contribution in [2.75, 3.05) is 18.4 Å². The molecule has 0 unspecified atom stereocenters. The highest BCUT2D eigenvalue weighted by Crippen LogP contribution is 2.28. The first-order valence-corrected chi connectivity index (χ1v) is 11.5. The molecule has 0 bridgehead atoms. The number of sulfonamides is 1. The summed E-state index contributed by atoms with van der Waals surface area (Å²) in [5.41, 5.74) is 7.94. The fourth-order valence-corrected chi connectivity index (χ4v) is 5.40. The first-order valence-electron chi connectivity index (χ1n) is 10.1. The van der Waals surface area contributed by atoms with Crippen molar-refractivity contribution in [1.29, 1.82) is 0 Å². The summed E-state index contributed by atoms with van der Waals surface area (Å²) in [5, 5.41) is 2.90. The van der Waals surface area contributed by atoms with E-state index in [1.807, 2.05) is 43.3 Å². The van der Waals surface area contributed by atoms with Crippen molar-refractivity contribution in [3.63, 3.8) is 0 Å². The Kier molecular flexibility index (Phi) is 6.41. The van der Waals surface area contributed by atoms with Crippen LogP contribution in [-0.2, 0) is 27.7 Å². The third-order valence-electron chi connectivity index (χ3n) is 5.63. The van der Waals surface area contributed by atoms with Crippen LogP contribution < -0.4 is 11.1 Å². The molecule has 0 atom stereocenters. The average molecular weight is 416 g/mol. The molecule has 1 aliphatic heterocycles. The fraction of sp³-hybridized carbons (Fsp3) is 0.409. The minimum atomic E-state index is -3.60. The van der Waals surface area contributed by atoms with Crippen LogP contribution in [0.3, 0.4) is 0 Å². The maximum atomic E-state index is 13.1. The lowest BCUT2D eigenvalue weighted by Crippen LogP contribution is -2.58. The Morgan fingerprint density at radius 2 is 1.76 bits per heavy atom. The van der Waals surface area contributed by atoms with Gasteiger partial charge in [-0.05, 0) is 55.0 Å². The summed E-state index contributed by atoms with van der Waals surface area (Å²) in [6.45, 7) is 4.43. The molecule has 1 heterocycles. The van der Waals surface area contributed by atoms with Gasteiger partial charge in [0.1, 0.15) is 0 Å². The minimum Gasteiger partial charge on any atom is -0.324 e. The lowest BCUT2D eigenvalue weighted by Gasteiger charge is -2.37. The number of carbonyl (C=O) groups excluding carboxylic acids is 1. The second kappa shape index (κ2) is 8.65. The van der Waals surface area contributed by atoms with Crippen LogP contribution in [-0.4, -0.2) is 37.3 Å². The van der Waals surface area contributed by atoms with E-state index in [0.29, 0.717) is 17.0 Å². The van der Waals surface area contributed by atoms with Gasteiger partial charge in [-0.2, -0.15) is 4.31 Å². The third-order valence-corrected chi connectivity index (χ3v) is 7.63. The predicted octanol–water partition coefficient (Wildman–Crippen LogP) is 2.93. The molecule has 0 saturated carbocycles. The molecule has 2 aromatic carbocycles. The quantitative estimate of drug-likeness (QED) is 0.759. The SMILES string of the molecule is CCc1cccc(NC(=O)C2(N)CCN(S(=O)(=O)c3ccccc3CC)CC2)c1. The molecule has 1 amide bonds. The summed E-state index contributed by atoms with van der Waals surface area (Å²) in [6.07, 6.45) is 2.08. The zero-order valence-corrected chi connectivity index (χ0v) is 17.8. The first kappa shape index (κ1) is 21.5. The molecule has 0 spiro atoms. The fourth-order valence-electron chi connectivity index (χ4n) is 3.66. The van der Waals surface area contributed by atoms with Crippen molar-refractivity contribution in [3.8, 4) is 0 Å². The smallest absolute Gasteiger partial charge is 0.244 e. The van der Waals surface area contributed by atoms with Gasteiger partial charge in [-0.15, -0.1) is 0 Å². The van der Waals surface area contributed by atoms with Crippen LogP contribution in [0.15, 0.2) is 53.4 Å². The van der Waals surface area contributed by atoms with Gasteiger partial charge in [-0.1, -0.05) is 44.2 Å². The second-order valence-corrected chi connectivity index (χ2v) is 9.44. The number of hydrogen-bond acceptors (Lipinski definition) is 4. The topological polar surface area (TPSA) is 92.5 Å². The van der Waals surface area contributed by atoms with Crippen LogP contribution in [0.4, 0.5) is 5.69 Å². The average Bonchev–Trinajstić information content (AvgIpc) is 2.74. The Hall–Kier alpha value is -2.22. The molecular formula is C22H29N3O3S. The Morgan fingerprint density at radius 3 is 2.41 bits per heavy atom. The normalized spacial score (nSPS) is 17.1. The Balaban J connectivity index is 1.70. The van der Waals surface area contributed by atoms with E-state index in [2.05, 4.69) is 12.2 Å². The van der Waals surface area contributed by atoms with Crippen LogP contribution >= 0.6 is 0 Å². The summed E-state index contributed by atoms with van der Waals surface area (Å²) in [4.78, 5) is 13.2. The number of aryl methyl sites for hydroxylation is 2. The number of benzene rings is 2. The van der Waals surface area contributed by atoms with Gasteiger partial charge in [0.2, 0.25) is 15.9 Å². The molecule has 1 saturated heterocycles. The third kappa shape index (κ3) is 4.52. The van der Waals surface area contributed by atoms with E-state index < -0.39 is 15.6 Å². The van der Waals surface area contributed by atoms with Gasteiger partial charge >= 0.3 is 0 Å². The minimum absolute atomic E-state index is 0.222. The van der Waals surface area contributed by atoms with E-state index in [1.54, 1.807) is 12.1 Å². The molecule has 0 aromatic heterocycles. The van der Waals surface area contributed by atoms with Crippen molar-refractivity contribution >= 4 is 21.6 Å². The van der Waals surface area contributed by atoms with E-state index >= 15 is 0 Å². The number of nitrogens with zero attached hydrogens (tertiary/aromatic N) is 1. The van der Waals surface area contributed by atoms with Crippen molar-refractivity contribution in [2.24, 2.45) is 5.73 Å². The number of carbonyl (C=O) groups is 1. The van der Waals surface area contributed by atoms with E-state index in [4.69, 9.17) is 5.73 Å². The number of hydrogen-bond donors (Lipinski definition) is 2. The van der Waals surface area contributed by atoms with Gasteiger partial charge in [-0.3, -0.25) is 4.79 Å². The van der Waals surface area contributed by atoms with E-state index in [9.17, 15) is 13.2 Å². The van der Waals surface area contributed by atoms with Crippen molar-refractivity contribution in [1.82, 2.24) is 4.31 Å². The Labute approximate surface area is 173 Å². The molecule has 29 heavy (non-hydrogen) atoms. The van der Waals surface area contributed by atoms with E-state index in [0.717, 1.165) is 17.5 Å². The van der Waals surface area contributed by atoms with Crippen LogP contribution in [0, 0.1) is 0 Å². The lowest BCUT2D eigenvalue weighted by molar-refractivity contribution is -0.122. The summed E-state index contributed by atoms with van der Waals surface area (Å²) in [7, 11) is -3.60. The molecule has 7 heteroatoms. The van der Waals surface area contributed by atoms with Gasteiger partial charge in [0.25, 0.3) is 0 Å². The van der Waals surface area contributed by atoms with Crippen molar-refractivity contribution in [2.45, 2.75) is 50.0 Å². The first-order chi connectivity index (χ1) is 13.8. The van der Waals surface area contributed by atoms with Crippen LogP contribution in [0.5, 0.6) is 0 Å². The molecule has 1 fully saturated rings. The van der Waals surface area contributed by atoms with E-state index in [1.165, 1.54) is 4.31 Å². The second-order valence-electron chi connectivity index (χ2n) is 7.53. The van der Waals surface area contributed by atoms with Gasteiger partial charge in [0.15, 0.2) is 0 Å². The van der Waals surface area contributed by atoms with Gasteiger partial charge in [-0.25, -0.2) is 8.42 Å². The maximum absolute atomic E-state index is 13.1.